The Labute approximate surface area is 124 Å². The normalized spacial score (nSPS) is 45.9. The fourth-order valence-corrected chi connectivity index (χ4v) is 5.83. The largest absolute Gasteiger partial charge is 0.366 e. The molecule has 0 N–H and O–H groups in total. The summed E-state index contributed by atoms with van der Waals surface area (Å²) in [6, 6.07) is 0. The Hall–Kier alpha value is -0.0400. The summed E-state index contributed by atoms with van der Waals surface area (Å²) < 4.78 is 6.19. The summed E-state index contributed by atoms with van der Waals surface area (Å²) in [4.78, 5) is 0. The molecule has 0 aromatic rings. The third-order valence-corrected chi connectivity index (χ3v) is 7.06. The van der Waals surface area contributed by atoms with E-state index in [9.17, 15) is 0 Å². The van der Waals surface area contributed by atoms with Crippen molar-refractivity contribution in [3.63, 3.8) is 0 Å². The second-order valence-corrected chi connectivity index (χ2v) is 8.26. The molecule has 0 bridgehead atoms. The molecule has 0 amide bonds. The lowest BCUT2D eigenvalue weighted by molar-refractivity contribution is 0.128. The average Bonchev–Trinajstić information content (AvgIpc) is 3.25. The molecule has 4 rings (SSSR count). The zero-order valence-electron chi connectivity index (χ0n) is 13.1. The maximum absolute atomic E-state index is 6.19. The standard InChI is InChI=1S/C19H32O/c1-2-6-15(7-3-1)14-16-9-11-17(12-10-16)19-13-5-4-8-18(19)20-19/h15-18H,1-14H2. The molecule has 0 radical (unpaired) electrons. The first-order chi connectivity index (χ1) is 9.87. The molecule has 2 atom stereocenters. The molecule has 2 unspecified atom stereocenters. The van der Waals surface area contributed by atoms with Gasteiger partial charge in [0, 0.05) is 0 Å². The Morgan fingerprint density at radius 1 is 0.700 bits per heavy atom. The summed E-state index contributed by atoms with van der Waals surface area (Å²) in [5.41, 5.74) is 0.397. The third-order valence-electron chi connectivity index (χ3n) is 7.06. The van der Waals surface area contributed by atoms with Crippen molar-refractivity contribution in [2.24, 2.45) is 17.8 Å². The zero-order valence-corrected chi connectivity index (χ0v) is 13.1. The van der Waals surface area contributed by atoms with Gasteiger partial charge in [-0.25, -0.2) is 0 Å². The van der Waals surface area contributed by atoms with E-state index in [1.54, 1.807) is 6.42 Å². The molecule has 20 heavy (non-hydrogen) atoms. The van der Waals surface area contributed by atoms with Crippen molar-refractivity contribution in [2.45, 2.75) is 102 Å². The molecule has 3 saturated carbocycles. The molecule has 0 aromatic carbocycles. The van der Waals surface area contributed by atoms with E-state index in [1.165, 1.54) is 83.5 Å². The molecular weight excluding hydrogens is 244 g/mol. The first-order valence-electron chi connectivity index (χ1n) is 9.54. The van der Waals surface area contributed by atoms with E-state index in [-0.39, 0.29) is 0 Å². The van der Waals surface area contributed by atoms with Crippen LogP contribution in [0.3, 0.4) is 0 Å². The molecule has 1 aliphatic heterocycles. The molecule has 1 heterocycles. The zero-order chi connectivity index (χ0) is 13.4. The van der Waals surface area contributed by atoms with Crippen molar-refractivity contribution in [3.05, 3.63) is 0 Å². The van der Waals surface area contributed by atoms with Crippen LogP contribution < -0.4 is 0 Å². The van der Waals surface area contributed by atoms with Crippen LogP contribution in [0.2, 0.25) is 0 Å². The van der Waals surface area contributed by atoms with Gasteiger partial charge in [-0.05, 0) is 49.9 Å². The Balaban J connectivity index is 1.26. The van der Waals surface area contributed by atoms with Gasteiger partial charge in [0.25, 0.3) is 0 Å². The number of epoxide rings is 1. The molecule has 1 saturated heterocycles. The SMILES string of the molecule is C1CCC(CC2CCC(C34CCCCC3O4)CC2)CC1. The van der Waals surface area contributed by atoms with Crippen molar-refractivity contribution < 1.29 is 4.74 Å². The minimum absolute atomic E-state index is 0.397. The number of hydrogen-bond donors (Lipinski definition) is 0. The van der Waals surface area contributed by atoms with Crippen LogP contribution in [-0.4, -0.2) is 11.7 Å². The number of fused-ring (bicyclic) bond motifs is 1. The lowest BCUT2D eigenvalue weighted by Gasteiger charge is -2.35. The van der Waals surface area contributed by atoms with Crippen LogP contribution in [-0.2, 0) is 4.74 Å². The molecule has 0 aromatic heterocycles. The first kappa shape index (κ1) is 13.6. The molecule has 0 spiro atoms. The van der Waals surface area contributed by atoms with E-state index < -0.39 is 0 Å². The van der Waals surface area contributed by atoms with Crippen LogP contribution in [0.5, 0.6) is 0 Å². The monoisotopic (exact) mass is 276 g/mol. The van der Waals surface area contributed by atoms with E-state index in [1.807, 2.05) is 0 Å². The van der Waals surface area contributed by atoms with Crippen LogP contribution in [0.4, 0.5) is 0 Å². The van der Waals surface area contributed by atoms with Gasteiger partial charge in [0.1, 0.15) is 0 Å². The van der Waals surface area contributed by atoms with Crippen molar-refractivity contribution in [2.75, 3.05) is 0 Å². The molecule has 114 valence electrons. The highest BCUT2D eigenvalue weighted by Crippen LogP contribution is 2.56. The minimum Gasteiger partial charge on any atom is -0.366 e. The van der Waals surface area contributed by atoms with Crippen molar-refractivity contribution in [1.29, 1.82) is 0 Å². The molecule has 3 aliphatic carbocycles. The second-order valence-electron chi connectivity index (χ2n) is 8.26. The lowest BCUT2D eigenvalue weighted by Crippen LogP contribution is -2.33. The van der Waals surface area contributed by atoms with Gasteiger partial charge >= 0.3 is 0 Å². The lowest BCUT2D eigenvalue weighted by atomic mass is 9.68. The smallest absolute Gasteiger partial charge is 0.0976 e. The number of rotatable bonds is 3. The average molecular weight is 276 g/mol. The fourth-order valence-electron chi connectivity index (χ4n) is 5.83. The number of ether oxygens (including phenoxy) is 1. The fraction of sp³-hybridized carbons (Fsp3) is 1.00. The van der Waals surface area contributed by atoms with Crippen molar-refractivity contribution in [1.82, 2.24) is 0 Å². The van der Waals surface area contributed by atoms with Gasteiger partial charge < -0.3 is 4.74 Å². The van der Waals surface area contributed by atoms with Crippen LogP contribution in [0.25, 0.3) is 0 Å². The van der Waals surface area contributed by atoms with E-state index in [0.717, 1.165) is 17.8 Å². The van der Waals surface area contributed by atoms with Crippen LogP contribution in [0.1, 0.15) is 89.9 Å². The molecule has 1 heteroatoms. The summed E-state index contributed by atoms with van der Waals surface area (Å²) in [5.74, 6) is 3.07. The van der Waals surface area contributed by atoms with Gasteiger partial charge in [-0.1, -0.05) is 57.8 Å². The maximum atomic E-state index is 6.19. The minimum atomic E-state index is 0.397. The third kappa shape index (κ3) is 2.56. The van der Waals surface area contributed by atoms with Crippen molar-refractivity contribution >= 4 is 0 Å². The van der Waals surface area contributed by atoms with Gasteiger partial charge in [0.2, 0.25) is 0 Å². The molecule has 1 nitrogen and oxygen atoms in total. The number of hydrogen-bond acceptors (Lipinski definition) is 1. The van der Waals surface area contributed by atoms with Gasteiger partial charge in [-0.15, -0.1) is 0 Å². The predicted octanol–water partition coefficient (Wildman–Crippen LogP) is 5.47. The van der Waals surface area contributed by atoms with Crippen molar-refractivity contribution in [3.8, 4) is 0 Å². The summed E-state index contributed by atoms with van der Waals surface area (Å²) >= 11 is 0. The summed E-state index contributed by atoms with van der Waals surface area (Å²) in [6.45, 7) is 0. The predicted molar refractivity (Wildman–Crippen MR) is 82.7 cm³/mol. The Morgan fingerprint density at radius 2 is 1.40 bits per heavy atom. The van der Waals surface area contributed by atoms with Gasteiger partial charge in [0.15, 0.2) is 0 Å². The summed E-state index contributed by atoms with van der Waals surface area (Å²) in [7, 11) is 0. The van der Waals surface area contributed by atoms with Crippen LogP contribution in [0, 0.1) is 17.8 Å². The van der Waals surface area contributed by atoms with E-state index >= 15 is 0 Å². The highest BCUT2D eigenvalue weighted by Gasteiger charge is 2.61. The highest BCUT2D eigenvalue weighted by atomic mass is 16.6. The Bertz CT molecular complexity index is 325. The van der Waals surface area contributed by atoms with Gasteiger partial charge in [-0.2, -0.15) is 0 Å². The van der Waals surface area contributed by atoms with E-state index in [2.05, 4.69) is 0 Å². The summed E-state index contributed by atoms with van der Waals surface area (Å²) in [6.07, 6.45) is 21.4. The molecule has 4 aliphatic rings. The highest BCUT2D eigenvalue weighted by molar-refractivity contribution is 5.09. The van der Waals surface area contributed by atoms with Crippen LogP contribution >= 0.6 is 0 Å². The van der Waals surface area contributed by atoms with Crippen LogP contribution in [0.15, 0.2) is 0 Å². The molecular formula is C19H32O. The maximum Gasteiger partial charge on any atom is 0.0976 e. The van der Waals surface area contributed by atoms with E-state index in [4.69, 9.17) is 4.74 Å². The summed E-state index contributed by atoms with van der Waals surface area (Å²) in [5, 5.41) is 0. The van der Waals surface area contributed by atoms with E-state index in [0.29, 0.717) is 11.7 Å². The van der Waals surface area contributed by atoms with Gasteiger partial charge in [-0.3, -0.25) is 0 Å². The second kappa shape index (κ2) is 5.63. The van der Waals surface area contributed by atoms with Gasteiger partial charge in [0.05, 0.1) is 11.7 Å². The topological polar surface area (TPSA) is 12.5 Å². The molecule has 4 fully saturated rings. The quantitative estimate of drug-likeness (QED) is 0.622. The Kier molecular flexibility index (Phi) is 3.83. The first-order valence-corrected chi connectivity index (χ1v) is 9.54. The Morgan fingerprint density at radius 3 is 2.15 bits per heavy atom.